The summed E-state index contributed by atoms with van der Waals surface area (Å²) in [6.45, 7) is 2.44. The van der Waals surface area contributed by atoms with Gasteiger partial charge in [-0.2, -0.15) is 0 Å². The van der Waals surface area contributed by atoms with E-state index in [2.05, 4.69) is 4.57 Å². The SMILES string of the molecule is CC(=O)On1c(=O)c(-c2c(-c3ccc(Cl)cc3)n(CCCN)c3ccccc23)nc2cc3ccccc3cc21. The lowest BCUT2D eigenvalue weighted by atomic mass is 10.0. The second-order valence-electron chi connectivity index (χ2n) is 9.37. The topological polar surface area (TPSA) is 92.1 Å². The number of aryl methyl sites for hydroxylation is 1. The molecule has 194 valence electrons. The van der Waals surface area contributed by atoms with Gasteiger partial charge < -0.3 is 15.1 Å². The summed E-state index contributed by atoms with van der Waals surface area (Å²) >= 11 is 6.23. The molecule has 0 saturated carbocycles. The fourth-order valence-corrected chi connectivity index (χ4v) is 5.28. The number of carbonyl (C=O) groups excluding carboxylic acids is 1. The van der Waals surface area contributed by atoms with E-state index < -0.39 is 11.5 Å². The van der Waals surface area contributed by atoms with Crippen LogP contribution in [0, 0.1) is 0 Å². The van der Waals surface area contributed by atoms with E-state index in [4.69, 9.17) is 27.2 Å². The van der Waals surface area contributed by atoms with Gasteiger partial charge in [-0.3, -0.25) is 4.79 Å². The number of fused-ring (bicyclic) bond motifs is 3. The molecule has 0 amide bonds. The smallest absolute Gasteiger partial charge is 0.330 e. The van der Waals surface area contributed by atoms with Gasteiger partial charge in [-0.05, 0) is 59.6 Å². The first-order valence-corrected chi connectivity index (χ1v) is 13.1. The Morgan fingerprint density at radius 3 is 2.36 bits per heavy atom. The van der Waals surface area contributed by atoms with E-state index in [0.717, 1.165) is 44.1 Å². The van der Waals surface area contributed by atoms with Gasteiger partial charge in [0.2, 0.25) is 0 Å². The number of nitrogens with two attached hydrogens (primary N) is 1. The molecule has 0 aliphatic heterocycles. The molecule has 6 rings (SSSR count). The molecule has 0 unspecified atom stereocenters. The summed E-state index contributed by atoms with van der Waals surface area (Å²) in [4.78, 5) is 36.7. The number of hydrogen-bond donors (Lipinski definition) is 1. The highest BCUT2D eigenvalue weighted by molar-refractivity contribution is 6.30. The van der Waals surface area contributed by atoms with Crippen LogP contribution in [-0.2, 0) is 11.3 Å². The van der Waals surface area contributed by atoms with Crippen LogP contribution >= 0.6 is 11.6 Å². The number of carbonyl (C=O) groups is 1. The lowest BCUT2D eigenvalue weighted by molar-refractivity contribution is -0.141. The van der Waals surface area contributed by atoms with Crippen molar-refractivity contribution in [3.63, 3.8) is 0 Å². The summed E-state index contributed by atoms with van der Waals surface area (Å²) < 4.78 is 3.23. The van der Waals surface area contributed by atoms with Crippen molar-refractivity contribution in [1.82, 2.24) is 14.3 Å². The van der Waals surface area contributed by atoms with Crippen LogP contribution in [0.5, 0.6) is 0 Å². The summed E-state index contributed by atoms with van der Waals surface area (Å²) in [6.07, 6.45) is 0.744. The molecule has 0 bridgehead atoms. The molecule has 7 nitrogen and oxygen atoms in total. The number of benzene rings is 4. The molecule has 0 aliphatic rings. The Kier molecular flexibility index (Phi) is 6.38. The number of para-hydroxylation sites is 1. The molecule has 4 aromatic carbocycles. The van der Waals surface area contributed by atoms with E-state index in [1.807, 2.05) is 84.9 Å². The van der Waals surface area contributed by atoms with Crippen LogP contribution < -0.4 is 16.1 Å². The highest BCUT2D eigenvalue weighted by Gasteiger charge is 2.25. The minimum Gasteiger partial charge on any atom is -0.340 e. The lowest BCUT2D eigenvalue weighted by Crippen LogP contribution is -2.31. The Labute approximate surface area is 229 Å². The second kappa shape index (κ2) is 10.0. The summed E-state index contributed by atoms with van der Waals surface area (Å²) in [7, 11) is 0. The highest BCUT2D eigenvalue weighted by Crippen LogP contribution is 2.40. The van der Waals surface area contributed by atoms with E-state index in [0.29, 0.717) is 34.7 Å². The second-order valence-corrected chi connectivity index (χ2v) is 9.81. The highest BCUT2D eigenvalue weighted by atomic mass is 35.5. The Morgan fingerprint density at radius 2 is 1.64 bits per heavy atom. The minimum absolute atomic E-state index is 0.187. The van der Waals surface area contributed by atoms with Crippen LogP contribution in [0.2, 0.25) is 5.02 Å². The van der Waals surface area contributed by atoms with Crippen LogP contribution in [0.15, 0.2) is 89.7 Å². The van der Waals surface area contributed by atoms with Crippen molar-refractivity contribution < 1.29 is 9.63 Å². The van der Waals surface area contributed by atoms with Gasteiger partial charge in [-0.1, -0.05) is 66.2 Å². The summed E-state index contributed by atoms with van der Waals surface area (Å²) in [5.74, 6) is -0.605. The van der Waals surface area contributed by atoms with Crippen molar-refractivity contribution in [1.29, 1.82) is 0 Å². The molecule has 0 saturated heterocycles. The summed E-state index contributed by atoms with van der Waals surface area (Å²) in [5, 5.41) is 3.33. The number of aromatic nitrogens is 3. The van der Waals surface area contributed by atoms with Gasteiger partial charge in [0.1, 0.15) is 11.2 Å². The zero-order chi connectivity index (χ0) is 27.1. The van der Waals surface area contributed by atoms with Crippen LogP contribution in [0.3, 0.4) is 0 Å². The van der Waals surface area contributed by atoms with Crippen molar-refractivity contribution in [3.05, 3.63) is 100 Å². The van der Waals surface area contributed by atoms with Gasteiger partial charge in [-0.25, -0.2) is 9.78 Å². The average Bonchev–Trinajstić information content (AvgIpc) is 3.26. The maximum atomic E-state index is 14.1. The van der Waals surface area contributed by atoms with Gasteiger partial charge in [-0.15, -0.1) is 4.73 Å². The van der Waals surface area contributed by atoms with E-state index in [-0.39, 0.29) is 5.69 Å². The third-order valence-corrected chi connectivity index (χ3v) is 7.06. The minimum atomic E-state index is -0.605. The molecule has 2 heterocycles. The molecule has 0 fully saturated rings. The standard InChI is InChI=1S/C31H25ClN4O3/c1-19(37)39-36-27-18-22-8-3-2-7-21(22)17-25(27)34-29(31(36)38)28-24-9-4-5-10-26(24)35(16-6-15-33)30(28)20-11-13-23(32)14-12-20/h2-5,7-14,17-18H,6,15-16,33H2,1H3. The first-order chi connectivity index (χ1) is 19.0. The first kappa shape index (κ1) is 24.9. The van der Waals surface area contributed by atoms with Crippen molar-refractivity contribution in [3.8, 4) is 22.5 Å². The maximum absolute atomic E-state index is 14.1. The van der Waals surface area contributed by atoms with Gasteiger partial charge in [0, 0.05) is 35.0 Å². The van der Waals surface area contributed by atoms with Crippen LogP contribution in [-0.4, -0.2) is 26.8 Å². The molecular weight excluding hydrogens is 512 g/mol. The summed E-state index contributed by atoms with van der Waals surface area (Å²) in [6, 6.07) is 26.9. The Bertz CT molecular complexity index is 1940. The van der Waals surface area contributed by atoms with Crippen molar-refractivity contribution >= 4 is 50.3 Å². The average molecular weight is 537 g/mol. The molecule has 0 spiro atoms. The third-order valence-electron chi connectivity index (χ3n) is 6.81. The normalized spacial score (nSPS) is 11.5. The molecular formula is C31H25ClN4O3. The predicted molar refractivity (Wildman–Crippen MR) is 156 cm³/mol. The molecule has 0 atom stereocenters. The lowest BCUT2D eigenvalue weighted by Gasteiger charge is -2.14. The molecule has 0 radical (unpaired) electrons. The largest absolute Gasteiger partial charge is 0.340 e. The number of hydrogen-bond acceptors (Lipinski definition) is 5. The van der Waals surface area contributed by atoms with E-state index >= 15 is 0 Å². The zero-order valence-electron chi connectivity index (χ0n) is 21.2. The van der Waals surface area contributed by atoms with Gasteiger partial charge in [0.05, 0.1) is 11.2 Å². The van der Waals surface area contributed by atoms with Gasteiger partial charge in [0.25, 0.3) is 0 Å². The van der Waals surface area contributed by atoms with E-state index in [9.17, 15) is 9.59 Å². The fraction of sp³-hybridized carbons (Fsp3) is 0.129. The van der Waals surface area contributed by atoms with Crippen LogP contribution in [0.1, 0.15) is 13.3 Å². The van der Waals surface area contributed by atoms with Crippen molar-refractivity contribution in [2.45, 2.75) is 19.9 Å². The van der Waals surface area contributed by atoms with Crippen molar-refractivity contribution in [2.75, 3.05) is 6.54 Å². The maximum Gasteiger partial charge on any atom is 0.330 e. The van der Waals surface area contributed by atoms with E-state index in [1.165, 1.54) is 6.92 Å². The van der Waals surface area contributed by atoms with Gasteiger partial charge >= 0.3 is 11.5 Å². The molecule has 2 N–H and O–H groups in total. The fourth-order valence-electron chi connectivity index (χ4n) is 5.16. The predicted octanol–water partition coefficient (Wildman–Crippen LogP) is 5.82. The molecule has 6 aromatic rings. The molecule has 8 heteroatoms. The third kappa shape index (κ3) is 4.35. The van der Waals surface area contributed by atoms with Gasteiger partial charge in [0.15, 0.2) is 0 Å². The number of halogens is 1. The zero-order valence-corrected chi connectivity index (χ0v) is 22.0. The molecule has 39 heavy (non-hydrogen) atoms. The molecule has 2 aromatic heterocycles. The molecule has 0 aliphatic carbocycles. The first-order valence-electron chi connectivity index (χ1n) is 12.7. The monoisotopic (exact) mass is 536 g/mol. The Balaban J connectivity index is 1.76. The van der Waals surface area contributed by atoms with Crippen LogP contribution in [0.4, 0.5) is 0 Å². The van der Waals surface area contributed by atoms with Crippen molar-refractivity contribution in [2.24, 2.45) is 5.73 Å². The Morgan fingerprint density at radius 1 is 0.949 bits per heavy atom. The summed E-state index contributed by atoms with van der Waals surface area (Å²) in [5.41, 5.74) is 9.81. The quantitative estimate of drug-likeness (QED) is 0.271. The Hall–Kier alpha value is -4.46. The van der Waals surface area contributed by atoms with Crippen LogP contribution in [0.25, 0.3) is 55.2 Å². The number of nitrogens with zero attached hydrogens (tertiary/aromatic N) is 3. The van der Waals surface area contributed by atoms with E-state index in [1.54, 1.807) is 0 Å². The number of rotatable bonds is 6.